The Kier molecular flexibility index (Phi) is 12.4. The predicted octanol–water partition coefficient (Wildman–Crippen LogP) is 23.4. The number of fused-ring (bicyclic) bond motifs is 15. The first-order valence-electron chi connectivity index (χ1n) is 33.8. The molecule has 14 aromatic carbocycles. The predicted molar refractivity (Wildman–Crippen MR) is 403 cm³/mol. The van der Waals surface area contributed by atoms with E-state index >= 15 is 0 Å². The molecule has 0 fully saturated rings. The van der Waals surface area contributed by atoms with Crippen LogP contribution in [-0.2, 0) is 5.41 Å². The highest BCUT2D eigenvalue weighted by molar-refractivity contribution is 6.13. The van der Waals surface area contributed by atoms with Gasteiger partial charge in [-0.1, -0.05) is 249 Å². The molecule has 10 nitrogen and oxygen atoms in total. The molecule has 0 spiro atoms. The second-order valence-corrected chi connectivity index (χ2v) is 25.9. The van der Waals surface area contributed by atoms with Gasteiger partial charge in [-0.25, -0.2) is 29.9 Å². The van der Waals surface area contributed by atoms with E-state index in [-0.39, 0.29) is 0 Å². The summed E-state index contributed by atoms with van der Waals surface area (Å²) in [5.74, 6) is 3.01. The summed E-state index contributed by atoms with van der Waals surface area (Å²) in [7, 11) is 0. The van der Waals surface area contributed by atoms with Crippen LogP contribution in [0.3, 0.4) is 0 Å². The van der Waals surface area contributed by atoms with Gasteiger partial charge in [0.25, 0.3) is 0 Å². The lowest BCUT2D eigenvalue weighted by molar-refractivity contribution is 0.668. The van der Waals surface area contributed by atoms with Crippen LogP contribution in [0.5, 0.6) is 0 Å². The molecule has 0 saturated heterocycles. The van der Waals surface area contributed by atoms with Gasteiger partial charge in [-0.15, -0.1) is 0 Å². The number of furan rings is 4. The highest BCUT2D eigenvalue weighted by Crippen LogP contribution is 2.59. The molecule has 0 amide bonds. The summed E-state index contributed by atoms with van der Waals surface area (Å²) < 4.78 is 26.6. The lowest BCUT2D eigenvalue weighted by Gasteiger charge is -2.34. The van der Waals surface area contributed by atoms with E-state index in [1.54, 1.807) is 0 Å². The number of hydrogen-bond acceptors (Lipinski definition) is 10. The smallest absolute Gasteiger partial charge is 0.167 e. The standard InChI is InChI=1S/C91H52N6O4/c1-3-21-54(22-4-1)60-25-7-8-30-68(60)87-92-85(55-43-47-65-61-26-10-15-37-76(61)98-80(65)51-55)95-90(96-87)73-50-57(49-72-64-29-13-18-40-79(64)101-84(72)73)53-41-45-59(46-42-53)91(58-23-5-2-6-24-58)74-35-14-9-31-69(74)82-70(33-20-36-75(82)91)88-93-86(56-44-48-66-62-27-11-16-38-77(62)99-81(66)52-56)94-89(97-88)71-34-19-32-67-63-28-12-17-39-78(63)100-83(67)71/h1-52H. The highest BCUT2D eigenvalue weighted by Gasteiger charge is 2.47. The summed E-state index contributed by atoms with van der Waals surface area (Å²) in [4.78, 5) is 32.6. The van der Waals surface area contributed by atoms with Crippen molar-refractivity contribution in [3.8, 4) is 102 Å². The van der Waals surface area contributed by atoms with Gasteiger partial charge in [0, 0.05) is 65.3 Å². The molecule has 0 saturated carbocycles. The molecule has 1 unspecified atom stereocenters. The molecule has 6 aromatic heterocycles. The minimum atomic E-state index is -0.804. The van der Waals surface area contributed by atoms with Crippen molar-refractivity contribution in [3.05, 3.63) is 338 Å². The van der Waals surface area contributed by atoms with Crippen molar-refractivity contribution in [2.45, 2.75) is 5.41 Å². The Balaban J connectivity index is 0.745. The van der Waals surface area contributed by atoms with Crippen molar-refractivity contribution in [1.29, 1.82) is 0 Å². The molecular formula is C91H52N6O4. The second-order valence-electron chi connectivity index (χ2n) is 25.9. The maximum atomic E-state index is 6.94. The Morgan fingerprint density at radius 1 is 0.198 bits per heavy atom. The van der Waals surface area contributed by atoms with Crippen LogP contribution in [0.15, 0.2) is 333 Å². The fourth-order valence-electron chi connectivity index (χ4n) is 15.8. The van der Waals surface area contributed by atoms with E-state index in [1.165, 1.54) is 0 Å². The first-order chi connectivity index (χ1) is 50.0. The number of hydrogen-bond donors (Lipinski definition) is 0. The minimum absolute atomic E-state index is 0.467. The molecule has 0 N–H and O–H groups in total. The van der Waals surface area contributed by atoms with Gasteiger partial charge < -0.3 is 17.7 Å². The van der Waals surface area contributed by atoms with Crippen LogP contribution >= 0.6 is 0 Å². The third-order valence-corrected chi connectivity index (χ3v) is 20.3. The van der Waals surface area contributed by atoms with Crippen molar-refractivity contribution >= 4 is 87.8 Å². The first kappa shape index (κ1) is 56.5. The fourth-order valence-corrected chi connectivity index (χ4v) is 15.8. The third-order valence-electron chi connectivity index (χ3n) is 20.3. The van der Waals surface area contributed by atoms with Crippen molar-refractivity contribution < 1.29 is 17.7 Å². The fraction of sp³-hybridized carbons (Fsp3) is 0.0110. The lowest BCUT2D eigenvalue weighted by Crippen LogP contribution is -2.28. The maximum Gasteiger partial charge on any atom is 0.167 e. The second kappa shape index (κ2) is 22.2. The zero-order valence-electron chi connectivity index (χ0n) is 53.8. The van der Waals surface area contributed by atoms with Crippen LogP contribution in [0.2, 0.25) is 0 Å². The first-order valence-corrected chi connectivity index (χ1v) is 33.8. The number of para-hydroxylation sites is 5. The quantitative estimate of drug-likeness (QED) is 0.130. The molecule has 470 valence electrons. The minimum Gasteiger partial charge on any atom is -0.456 e. The largest absolute Gasteiger partial charge is 0.456 e. The van der Waals surface area contributed by atoms with Crippen LogP contribution in [-0.4, -0.2) is 29.9 Å². The summed E-state index contributed by atoms with van der Waals surface area (Å²) in [5, 5.41) is 8.06. The van der Waals surface area contributed by atoms with Gasteiger partial charge in [-0.05, 0) is 122 Å². The van der Waals surface area contributed by atoms with Gasteiger partial charge >= 0.3 is 0 Å². The molecule has 6 heterocycles. The molecule has 0 radical (unpaired) electrons. The SMILES string of the molecule is c1ccc(-c2ccccc2-c2nc(-c3ccc4c(c3)oc3ccccc34)nc(-c3cc(-c4ccc(C5(c6ccccc6)c6ccccc6-c6c(-c7nc(-c8ccc9c(c8)oc8ccccc89)nc(-c8cccc9c8oc8ccccc89)n7)cccc65)cc4)cc4c3oc3ccccc34)n2)cc1. The molecule has 1 aliphatic carbocycles. The Bertz CT molecular complexity index is 6790. The van der Waals surface area contributed by atoms with E-state index in [4.69, 9.17) is 47.6 Å². The maximum absolute atomic E-state index is 6.94. The van der Waals surface area contributed by atoms with E-state index in [9.17, 15) is 0 Å². The van der Waals surface area contributed by atoms with Gasteiger partial charge in [0.05, 0.1) is 16.5 Å². The summed E-state index contributed by atoms with van der Waals surface area (Å²) in [6.45, 7) is 0. The normalized spacial score (nSPS) is 13.6. The molecule has 101 heavy (non-hydrogen) atoms. The van der Waals surface area contributed by atoms with Crippen molar-refractivity contribution in [2.75, 3.05) is 0 Å². The monoisotopic (exact) mass is 1290 g/mol. The topological polar surface area (TPSA) is 130 Å². The van der Waals surface area contributed by atoms with E-state index in [0.29, 0.717) is 46.1 Å². The summed E-state index contributed by atoms with van der Waals surface area (Å²) in [5.41, 5.74) is 20.6. The van der Waals surface area contributed by atoms with Crippen LogP contribution in [0.4, 0.5) is 0 Å². The molecule has 10 heteroatoms. The Morgan fingerprint density at radius 3 is 1.24 bits per heavy atom. The van der Waals surface area contributed by atoms with Gasteiger partial charge in [0.1, 0.15) is 44.7 Å². The number of nitrogens with zero attached hydrogens (tertiary/aromatic N) is 6. The Hall–Kier alpha value is -13.7. The molecule has 1 atom stereocenters. The Labute approximate surface area is 576 Å². The van der Waals surface area contributed by atoms with Crippen molar-refractivity contribution in [3.63, 3.8) is 0 Å². The van der Waals surface area contributed by atoms with E-state index in [1.807, 2.05) is 97.1 Å². The van der Waals surface area contributed by atoms with Crippen molar-refractivity contribution in [2.24, 2.45) is 0 Å². The van der Waals surface area contributed by atoms with Gasteiger partial charge in [-0.3, -0.25) is 0 Å². The highest BCUT2D eigenvalue weighted by atomic mass is 16.3. The third kappa shape index (κ3) is 8.78. The van der Waals surface area contributed by atoms with Crippen LogP contribution in [0, 0.1) is 0 Å². The average molecular weight is 1290 g/mol. The number of aromatic nitrogens is 6. The van der Waals surface area contributed by atoms with Crippen molar-refractivity contribution in [1.82, 2.24) is 29.9 Å². The number of rotatable bonds is 10. The molecule has 20 aromatic rings. The lowest BCUT2D eigenvalue weighted by atomic mass is 9.67. The number of benzene rings is 14. The van der Waals surface area contributed by atoms with Gasteiger partial charge in [0.15, 0.2) is 34.9 Å². The molecule has 0 aliphatic heterocycles. The van der Waals surface area contributed by atoms with Crippen LogP contribution in [0.1, 0.15) is 22.3 Å². The zero-order chi connectivity index (χ0) is 66.3. The van der Waals surface area contributed by atoms with Gasteiger partial charge in [-0.2, -0.15) is 0 Å². The zero-order valence-corrected chi connectivity index (χ0v) is 53.8. The molecule has 0 bridgehead atoms. The van der Waals surface area contributed by atoms with E-state index < -0.39 is 5.41 Å². The molecular weight excluding hydrogens is 1240 g/mol. The summed E-state index contributed by atoms with van der Waals surface area (Å²) in [6, 6.07) is 110. The van der Waals surface area contributed by atoms with E-state index in [2.05, 4.69) is 218 Å². The van der Waals surface area contributed by atoms with E-state index in [0.717, 1.165) is 166 Å². The Morgan fingerprint density at radius 2 is 0.604 bits per heavy atom. The molecule has 21 rings (SSSR count). The van der Waals surface area contributed by atoms with Crippen LogP contribution < -0.4 is 0 Å². The van der Waals surface area contributed by atoms with Crippen LogP contribution in [0.25, 0.3) is 189 Å². The average Bonchev–Trinajstić information content (AvgIpc) is 1.54. The van der Waals surface area contributed by atoms with Gasteiger partial charge in [0.2, 0.25) is 0 Å². The summed E-state index contributed by atoms with van der Waals surface area (Å²) >= 11 is 0. The summed E-state index contributed by atoms with van der Waals surface area (Å²) in [6.07, 6.45) is 0. The molecule has 1 aliphatic rings.